The molecule has 0 bridgehead atoms. The number of carbonyl (C=O) groups excluding carboxylic acids is 2. The summed E-state index contributed by atoms with van der Waals surface area (Å²) in [4.78, 5) is 34.3. The minimum Gasteiger partial charge on any atom is -0.452 e. The second-order valence-corrected chi connectivity index (χ2v) is 5.73. The van der Waals surface area contributed by atoms with Crippen LogP contribution in [0, 0.1) is 24.0 Å². The van der Waals surface area contributed by atoms with Crippen molar-refractivity contribution in [2.45, 2.75) is 13.8 Å². The summed E-state index contributed by atoms with van der Waals surface area (Å²) in [6.07, 6.45) is 0. The maximum atomic E-state index is 12.1. The molecule has 2 rings (SSSR count). The van der Waals surface area contributed by atoms with Gasteiger partial charge in [0, 0.05) is 22.3 Å². The van der Waals surface area contributed by atoms with Crippen molar-refractivity contribution in [2.24, 2.45) is 0 Å². The van der Waals surface area contributed by atoms with Gasteiger partial charge in [0.2, 0.25) is 0 Å². The van der Waals surface area contributed by atoms with Gasteiger partial charge in [-0.15, -0.1) is 0 Å². The molecule has 0 spiro atoms. The number of hydrogen-bond acceptors (Lipinski definition) is 5. The van der Waals surface area contributed by atoms with Crippen molar-refractivity contribution in [2.75, 3.05) is 11.9 Å². The Hall–Kier alpha value is -2.93. The molecule has 0 atom stereocenters. The third-order valence-corrected chi connectivity index (χ3v) is 3.75. The van der Waals surface area contributed by atoms with Gasteiger partial charge in [-0.05, 0) is 43.7 Å². The maximum absolute atomic E-state index is 12.1. The standard InChI is InChI=1S/C17H15ClN2O5/c1-10-8-12(18)6-7-14(10)19-16(21)9-25-17(22)13-4-3-5-15(11(13)2)20(23)24/h3-8H,9H2,1-2H3,(H,19,21). The second kappa shape index (κ2) is 7.76. The van der Waals surface area contributed by atoms with Gasteiger partial charge in [-0.2, -0.15) is 0 Å². The highest BCUT2D eigenvalue weighted by Gasteiger charge is 2.19. The minimum absolute atomic E-state index is 0.0460. The summed E-state index contributed by atoms with van der Waals surface area (Å²) in [6, 6.07) is 9.05. The zero-order valence-corrected chi connectivity index (χ0v) is 14.3. The lowest BCUT2D eigenvalue weighted by atomic mass is 10.1. The Balaban J connectivity index is 2.01. The van der Waals surface area contributed by atoms with Crippen molar-refractivity contribution in [3.05, 3.63) is 68.2 Å². The molecule has 0 saturated heterocycles. The number of nitro benzene ring substituents is 1. The molecule has 0 fully saturated rings. The van der Waals surface area contributed by atoms with E-state index in [-0.39, 0.29) is 16.8 Å². The Morgan fingerprint density at radius 2 is 1.96 bits per heavy atom. The molecule has 7 nitrogen and oxygen atoms in total. The highest BCUT2D eigenvalue weighted by molar-refractivity contribution is 6.30. The van der Waals surface area contributed by atoms with Crippen molar-refractivity contribution < 1.29 is 19.2 Å². The van der Waals surface area contributed by atoms with Crippen LogP contribution in [-0.4, -0.2) is 23.4 Å². The first kappa shape index (κ1) is 18.4. The van der Waals surface area contributed by atoms with Gasteiger partial charge < -0.3 is 10.1 Å². The number of carbonyl (C=O) groups is 2. The summed E-state index contributed by atoms with van der Waals surface area (Å²) in [5, 5.41) is 14.1. The summed E-state index contributed by atoms with van der Waals surface area (Å²) < 4.78 is 4.94. The fourth-order valence-corrected chi connectivity index (χ4v) is 2.43. The van der Waals surface area contributed by atoms with Gasteiger partial charge in [0.15, 0.2) is 6.61 Å². The molecule has 0 aromatic heterocycles. The third-order valence-electron chi connectivity index (χ3n) is 3.52. The molecule has 1 amide bonds. The summed E-state index contributed by atoms with van der Waals surface area (Å²) >= 11 is 5.84. The molecule has 0 aliphatic rings. The van der Waals surface area contributed by atoms with Gasteiger partial charge in [0.25, 0.3) is 11.6 Å². The van der Waals surface area contributed by atoms with E-state index < -0.39 is 23.4 Å². The van der Waals surface area contributed by atoms with Gasteiger partial charge >= 0.3 is 5.97 Å². The van der Waals surface area contributed by atoms with E-state index in [1.165, 1.54) is 25.1 Å². The lowest BCUT2D eigenvalue weighted by molar-refractivity contribution is -0.385. The molecule has 0 aliphatic carbocycles. The van der Waals surface area contributed by atoms with Crippen LogP contribution in [-0.2, 0) is 9.53 Å². The Morgan fingerprint density at radius 3 is 2.60 bits per heavy atom. The van der Waals surface area contributed by atoms with E-state index in [2.05, 4.69) is 5.32 Å². The smallest absolute Gasteiger partial charge is 0.339 e. The minimum atomic E-state index is -0.802. The molecule has 0 saturated carbocycles. The quantitative estimate of drug-likeness (QED) is 0.497. The molecular weight excluding hydrogens is 348 g/mol. The molecule has 25 heavy (non-hydrogen) atoms. The van der Waals surface area contributed by atoms with Crippen LogP contribution in [0.15, 0.2) is 36.4 Å². The first-order valence-electron chi connectivity index (χ1n) is 7.26. The van der Waals surface area contributed by atoms with Crippen molar-refractivity contribution in [3.63, 3.8) is 0 Å². The first-order chi connectivity index (χ1) is 11.8. The van der Waals surface area contributed by atoms with Crippen LogP contribution in [0.5, 0.6) is 0 Å². The molecule has 2 aromatic rings. The van der Waals surface area contributed by atoms with Gasteiger partial charge in [-0.1, -0.05) is 17.7 Å². The Morgan fingerprint density at radius 1 is 1.24 bits per heavy atom. The SMILES string of the molecule is Cc1cc(Cl)ccc1NC(=O)COC(=O)c1cccc([N+](=O)[O-])c1C. The van der Waals surface area contributed by atoms with E-state index in [1.54, 1.807) is 25.1 Å². The predicted octanol–water partition coefficient (Wildman–Crippen LogP) is 3.66. The van der Waals surface area contributed by atoms with Gasteiger partial charge in [-0.25, -0.2) is 4.79 Å². The average molecular weight is 363 g/mol. The van der Waals surface area contributed by atoms with Crippen molar-refractivity contribution in [1.82, 2.24) is 0 Å². The monoisotopic (exact) mass is 362 g/mol. The number of halogens is 1. The molecule has 0 heterocycles. The number of amides is 1. The average Bonchev–Trinajstić information content (AvgIpc) is 2.55. The van der Waals surface area contributed by atoms with E-state index in [1.807, 2.05) is 0 Å². The van der Waals surface area contributed by atoms with Crippen LogP contribution in [0.25, 0.3) is 0 Å². The van der Waals surface area contributed by atoms with Crippen LogP contribution < -0.4 is 5.32 Å². The van der Waals surface area contributed by atoms with Crippen LogP contribution >= 0.6 is 11.6 Å². The number of aryl methyl sites for hydroxylation is 1. The van der Waals surface area contributed by atoms with Crippen molar-refractivity contribution in [1.29, 1.82) is 0 Å². The Bertz CT molecular complexity index is 851. The molecule has 2 aromatic carbocycles. The number of ether oxygens (including phenoxy) is 1. The van der Waals surface area contributed by atoms with E-state index in [0.717, 1.165) is 5.56 Å². The largest absolute Gasteiger partial charge is 0.452 e. The molecule has 0 radical (unpaired) electrons. The first-order valence-corrected chi connectivity index (χ1v) is 7.64. The zero-order chi connectivity index (χ0) is 18.6. The lowest BCUT2D eigenvalue weighted by Gasteiger charge is -2.10. The number of nitro groups is 1. The third kappa shape index (κ3) is 4.54. The topological polar surface area (TPSA) is 98.5 Å². The number of benzene rings is 2. The normalized spacial score (nSPS) is 10.2. The molecule has 0 unspecified atom stereocenters. The zero-order valence-electron chi connectivity index (χ0n) is 13.5. The van der Waals surface area contributed by atoms with Crippen LogP contribution in [0.4, 0.5) is 11.4 Å². The summed E-state index contributed by atoms with van der Waals surface area (Å²) in [6.45, 7) is 2.72. The van der Waals surface area contributed by atoms with E-state index >= 15 is 0 Å². The molecule has 130 valence electrons. The van der Waals surface area contributed by atoms with Crippen molar-refractivity contribution >= 4 is 34.9 Å². The number of hydrogen-bond donors (Lipinski definition) is 1. The van der Waals surface area contributed by atoms with E-state index in [0.29, 0.717) is 10.7 Å². The Kier molecular flexibility index (Phi) is 5.71. The second-order valence-electron chi connectivity index (χ2n) is 5.29. The van der Waals surface area contributed by atoms with Crippen LogP contribution in [0.2, 0.25) is 5.02 Å². The van der Waals surface area contributed by atoms with Crippen molar-refractivity contribution in [3.8, 4) is 0 Å². The summed E-state index contributed by atoms with van der Waals surface area (Å²) in [7, 11) is 0. The predicted molar refractivity (Wildman–Crippen MR) is 92.9 cm³/mol. The van der Waals surface area contributed by atoms with E-state index in [9.17, 15) is 19.7 Å². The van der Waals surface area contributed by atoms with Crippen LogP contribution in [0.3, 0.4) is 0 Å². The summed E-state index contributed by atoms with van der Waals surface area (Å²) in [5.41, 5.74) is 1.37. The fraction of sp³-hybridized carbons (Fsp3) is 0.176. The summed E-state index contributed by atoms with van der Waals surface area (Å²) in [5.74, 6) is -1.33. The van der Waals surface area contributed by atoms with Crippen LogP contribution in [0.1, 0.15) is 21.5 Å². The lowest BCUT2D eigenvalue weighted by Crippen LogP contribution is -2.21. The number of rotatable bonds is 5. The number of esters is 1. The maximum Gasteiger partial charge on any atom is 0.339 e. The highest BCUT2D eigenvalue weighted by Crippen LogP contribution is 2.22. The molecule has 0 aliphatic heterocycles. The fourth-order valence-electron chi connectivity index (χ4n) is 2.20. The van der Waals surface area contributed by atoms with Gasteiger partial charge in [0.1, 0.15) is 0 Å². The number of nitrogens with zero attached hydrogens (tertiary/aromatic N) is 1. The number of anilines is 1. The Labute approximate surface area is 148 Å². The molecule has 1 N–H and O–H groups in total. The van der Waals surface area contributed by atoms with E-state index in [4.69, 9.17) is 16.3 Å². The number of nitrogens with one attached hydrogen (secondary N) is 1. The van der Waals surface area contributed by atoms with Gasteiger partial charge in [-0.3, -0.25) is 14.9 Å². The van der Waals surface area contributed by atoms with Gasteiger partial charge in [0.05, 0.1) is 10.5 Å². The molecular formula is C17H15ClN2O5. The highest BCUT2D eigenvalue weighted by atomic mass is 35.5. The molecule has 8 heteroatoms.